The molecule has 10 heteroatoms. The number of nitrogens with zero attached hydrogens (tertiary/aromatic N) is 1. The smallest absolute Gasteiger partial charge is 0.243 e. The van der Waals surface area contributed by atoms with Gasteiger partial charge in [0.2, 0.25) is 15.9 Å². The summed E-state index contributed by atoms with van der Waals surface area (Å²) in [7, 11) is -0.664. The summed E-state index contributed by atoms with van der Waals surface area (Å²) in [5, 5.41) is 2.94. The van der Waals surface area contributed by atoms with Crippen molar-refractivity contribution >= 4 is 28.3 Å². The van der Waals surface area contributed by atoms with Gasteiger partial charge in [-0.1, -0.05) is 0 Å². The maximum atomic E-state index is 12.9. The first-order valence-electron chi connectivity index (χ1n) is 8.62. The second kappa shape index (κ2) is 8.22. The van der Waals surface area contributed by atoms with Gasteiger partial charge >= 0.3 is 0 Å². The summed E-state index contributed by atoms with van der Waals surface area (Å²) >= 11 is 0. The molecule has 1 aliphatic heterocycles. The Labute approximate surface area is 165 Å². The molecule has 1 saturated heterocycles. The van der Waals surface area contributed by atoms with Gasteiger partial charge < -0.3 is 20.5 Å². The molecule has 0 atom stereocenters. The molecular formula is C17H26ClN3O5S. The minimum Gasteiger partial charge on any atom is -0.493 e. The van der Waals surface area contributed by atoms with Crippen LogP contribution in [0, 0.1) is 0 Å². The Morgan fingerprint density at radius 2 is 1.78 bits per heavy atom. The van der Waals surface area contributed by atoms with Crippen molar-refractivity contribution in [3.8, 4) is 11.5 Å². The Bertz CT molecular complexity index is 790. The third kappa shape index (κ3) is 4.48. The molecule has 0 aromatic heterocycles. The van der Waals surface area contributed by atoms with Crippen LogP contribution in [0.2, 0.25) is 0 Å². The average Bonchev–Trinajstić information content (AvgIpc) is 3.40. The van der Waals surface area contributed by atoms with Crippen molar-refractivity contribution < 1.29 is 22.7 Å². The molecule has 3 rings (SSSR count). The van der Waals surface area contributed by atoms with Gasteiger partial charge in [0.1, 0.15) is 0 Å². The molecule has 2 aliphatic rings. The van der Waals surface area contributed by atoms with Crippen LogP contribution in [0.3, 0.4) is 0 Å². The van der Waals surface area contributed by atoms with Crippen molar-refractivity contribution in [1.82, 2.24) is 9.62 Å². The zero-order valence-electron chi connectivity index (χ0n) is 15.4. The lowest BCUT2D eigenvalue weighted by molar-refractivity contribution is -0.124. The number of methoxy groups -OCH3 is 2. The monoisotopic (exact) mass is 419 g/mol. The van der Waals surface area contributed by atoms with Crippen LogP contribution in [0.25, 0.3) is 0 Å². The van der Waals surface area contributed by atoms with E-state index >= 15 is 0 Å². The highest BCUT2D eigenvalue weighted by Gasteiger charge is 2.46. The van der Waals surface area contributed by atoms with E-state index in [2.05, 4.69) is 5.32 Å². The number of nitrogens with one attached hydrogen (secondary N) is 1. The number of hydrogen-bond acceptors (Lipinski definition) is 6. The number of benzene rings is 1. The molecule has 1 heterocycles. The highest BCUT2D eigenvalue weighted by atomic mass is 35.5. The minimum atomic E-state index is -3.63. The molecule has 0 bridgehead atoms. The topological polar surface area (TPSA) is 111 Å². The summed E-state index contributed by atoms with van der Waals surface area (Å²) in [6, 6.07) is 4.51. The molecule has 0 spiro atoms. The second-order valence-corrected chi connectivity index (χ2v) is 8.76. The fraction of sp³-hybridized carbons (Fsp3) is 0.588. The van der Waals surface area contributed by atoms with Crippen LogP contribution >= 0.6 is 12.4 Å². The SMILES string of the molecule is COc1ccc(S(=O)(=O)N2CCC(NC(=O)C3(N)CC3)CC2)cc1OC.Cl. The fourth-order valence-corrected chi connectivity index (χ4v) is 4.54. The van der Waals surface area contributed by atoms with Gasteiger partial charge in [-0.2, -0.15) is 4.31 Å². The van der Waals surface area contributed by atoms with Crippen molar-refractivity contribution in [3.63, 3.8) is 0 Å². The van der Waals surface area contributed by atoms with Gasteiger partial charge in [0.05, 0.1) is 24.7 Å². The van der Waals surface area contributed by atoms with Gasteiger partial charge in [0.15, 0.2) is 11.5 Å². The van der Waals surface area contributed by atoms with Crippen molar-refractivity contribution in [3.05, 3.63) is 18.2 Å². The van der Waals surface area contributed by atoms with E-state index in [4.69, 9.17) is 15.2 Å². The fourth-order valence-electron chi connectivity index (χ4n) is 3.06. The van der Waals surface area contributed by atoms with E-state index < -0.39 is 15.6 Å². The molecule has 1 saturated carbocycles. The summed E-state index contributed by atoms with van der Waals surface area (Å²) in [5.41, 5.74) is 5.18. The first kappa shape index (κ1) is 21.7. The largest absolute Gasteiger partial charge is 0.493 e. The van der Waals surface area contributed by atoms with Crippen LogP contribution in [0.15, 0.2) is 23.1 Å². The van der Waals surface area contributed by atoms with Crippen LogP contribution in [0.1, 0.15) is 25.7 Å². The number of carbonyl (C=O) groups is 1. The molecule has 1 amide bonds. The third-order valence-electron chi connectivity index (χ3n) is 5.02. The first-order valence-corrected chi connectivity index (χ1v) is 10.1. The summed E-state index contributed by atoms with van der Waals surface area (Å²) in [5.74, 6) is 0.718. The third-order valence-corrected chi connectivity index (χ3v) is 6.92. The van der Waals surface area contributed by atoms with Crippen molar-refractivity contribution in [2.24, 2.45) is 5.73 Å². The molecule has 27 heavy (non-hydrogen) atoms. The molecule has 1 aromatic carbocycles. The summed E-state index contributed by atoms with van der Waals surface area (Å²) < 4.78 is 37.5. The molecule has 3 N–H and O–H groups in total. The maximum absolute atomic E-state index is 12.9. The highest BCUT2D eigenvalue weighted by molar-refractivity contribution is 7.89. The van der Waals surface area contributed by atoms with Gasteiger partial charge in [-0.25, -0.2) is 8.42 Å². The van der Waals surface area contributed by atoms with E-state index in [-0.39, 0.29) is 29.3 Å². The second-order valence-electron chi connectivity index (χ2n) is 6.82. The van der Waals surface area contributed by atoms with Crippen molar-refractivity contribution in [2.45, 2.75) is 42.2 Å². The Balaban J connectivity index is 0.00000261. The summed E-state index contributed by atoms with van der Waals surface area (Å²) in [4.78, 5) is 12.2. The van der Waals surface area contributed by atoms with Gasteiger partial charge in [-0.05, 0) is 37.8 Å². The standard InChI is InChI=1S/C17H25N3O5S.ClH/c1-24-14-4-3-13(11-15(14)25-2)26(22,23)20-9-5-12(6-10-20)19-16(21)17(18)7-8-17;/h3-4,11-12H,5-10,18H2,1-2H3,(H,19,21);1H. The predicted octanol–water partition coefficient (Wildman–Crippen LogP) is 0.886. The van der Waals surface area contributed by atoms with Gasteiger partial charge in [-0.15, -0.1) is 12.4 Å². The lowest BCUT2D eigenvalue weighted by atomic mass is 10.1. The van der Waals surface area contributed by atoms with Gasteiger partial charge in [0, 0.05) is 25.2 Å². The minimum absolute atomic E-state index is 0. The number of piperidine rings is 1. The molecular weight excluding hydrogens is 394 g/mol. The molecule has 2 fully saturated rings. The van der Waals surface area contributed by atoms with Crippen LogP contribution in [0.5, 0.6) is 11.5 Å². The molecule has 8 nitrogen and oxygen atoms in total. The van der Waals surface area contributed by atoms with Crippen LogP contribution in [-0.2, 0) is 14.8 Å². The number of hydrogen-bond donors (Lipinski definition) is 2. The summed E-state index contributed by atoms with van der Waals surface area (Å²) in [6.45, 7) is 0.693. The highest BCUT2D eigenvalue weighted by Crippen LogP contribution is 2.33. The Morgan fingerprint density at radius 3 is 2.30 bits per heavy atom. The molecule has 1 aliphatic carbocycles. The van der Waals surface area contributed by atoms with Crippen molar-refractivity contribution in [1.29, 1.82) is 0 Å². The van der Waals surface area contributed by atoms with E-state index in [1.807, 2.05) is 0 Å². The Kier molecular flexibility index (Phi) is 6.62. The molecule has 1 aromatic rings. The molecule has 0 unspecified atom stereocenters. The van der Waals surface area contributed by atoms with Gasteiger partial charge in [-0.3, -0.25) is 4.79 Å². The number of halogens is 1. The van der Waals surface area contributed by atoms with Gasteiger partial charge in [0.25, 0.3) is 0 Å². The number of nitrogens with two attached hydrogens (primary N) is 1. The average molecular weight is 420 g/mol. The van der Waals surface area contributed by atoms with Crippen LogP contribution in [0.4, 0.5) is 0 Å². The number of carbonyl (C=O) groups excluding carboxylic acids is 1. The van der Waals surface area contributed by atoms with E-state index in [1.165, 1.54) is 30.7 Å². The number of ether oxygens (including phenoxy) is 2. The maximum Gasteiger partial charge on any atom is 0.243 e. The van der Waals surface area contributed by atoms with E-state index in [0.717, 1.165) is 0 Å². The zero-order chi connectivity index (χ0) is 18.9. The normalized spacial score (nSPS) is 19.7. The first-order chi connectivity index (χ1) is 12.3. The van der Waals surface area contributed by atoms with Crippen molar-refractivity contribution in [2.75, 3.05) is 27.3 Å². The quantitative estimate of drug-likeness (QED) is 0.708. The van der Waals surface area contributed by atoms with Crippen LogP contribution < -0.4 is 20.5 Å². The van der Waals surface area contributed by atoms with Crippen LogP contribution in [-0.4, -0.2) is 57.5 Å². The van der Waals surface area contributed by atoms with E-state index in [0.29, 0.717) is 50.3 Å². The lowest BCUT2D eigenvalue weighted by Crippen LogP contribution is -2.51. The number of rotatable bonds is 6. The summed E-state index contributed by atoms with van der Waals surface area (Å²) in [6.07, 6.45) is 2.55. The predicted molar refractivity (Wildman–Crippen MR) is 103 cm³/mol. The van der Waals surface area contributed by atoms with E-state index in [9.17, 15) is 13.2 Å². The number of sulfonamides is 1. The lowest BCUT2D eigenvalue weighted by Gasteiger charge is -2.32. The Hall–Kier alpha value is -1.55. The molecule has 152 valence electrons. The zero-order valence-corrected chi connectivity index (χ0v) is 17.1. The molecule has 0 radical (unpaired) electrons. The number of amides is 1. The van der Waals surface area contributed by atoms with E-state index in [1.54, 1.807) is 6.07 Å². The Morgan fingerprint density at radius 1 is 1.19 bits per heavy atom.